The Hall–Kier alpha value is -1.16. The Balaban J connectivity index is 0.00000261. The summed E-state index contributed by atoms with van der Waals surface area (Å²) in [5, 5.41) is 0. The van der Waals surface area contributed by atoms with E-state index < -0.39 is 0 Å². The number of halogens is 1. The van der Waals surface area contributed by atoms with Gasteiger partial charge in [0.05, 0.1) is 13.2 Å². The van der Waals surface area contributed by atoms with Gasteiger partial charge in [-0.25, -0.2) is 0 Å². The van der Waals surface area contributed by atoms with Crippen LogP contribution in [0.2, 0.25) is 0 Å². The van der Waals surface area contributed by atoms with Gasteiger partial charge < -0.3 is 4.74 Å². The van der Waals surface area contributed by atoms with E-state index in [4.69, 9.17) is 4.74 Å². The highest BCUT2D eigenvalue weighted by Gasteiger charge is 2.31. The SMILES string of the molecule is CC(C)Cc1ccc(C(C)/C=C2\CCC(CN3CCOCC3)C2=O)cc1.Cl. The fraction of sp³-hybridized carbons (Fsp3) is 0.609. The van der Waals surface area contributed by atoms with Crippen LogP contribution in [-0.4, -0.2) is 43.5 Å². The van der Waals surface area contributed by atoms with E-state index in [9.17, 15) is 4.79 Å². The number of nitrogens with zero attached hydrogens (tertiary/aromatic N) is 1. The molecule has 0 amide bonds. The number of hydrogen-bond acceptors (Lipinski definition) is 3. The monoisotopic (exact) mass is 391 g/mol. The van der Waals surface area contributed by atoms with Crippen LogP contribution in [0.5, 0.6) is 0 Å². The second-order valence-electron chi connectivity index (χ2n) is 8.33. The summed E-state index contributed by atoms with van der Waals surface area (Å²) in [5.41, 5.74) is 3.74. The highest BCUT2D eigenvalue weighted by molar-refractivity contribution is 5.99. The second-order valence-corrected chi connectivity index (χ2v) is 8.33. The molecule has 2 atom stereocenters. The molecule has 0 radical (unpaired) electrons. The van der Waals surface area contributed by atoms with Gasteiger partial charge in [0.15, 0.2) is 5.78 Å². The van der Waals surface area contributed by atoms with Gasteiger partial charge in [0.2, 0.25) is 0 Å². The summed E-state index contributed by atoms with van der Waals surface area (Å²) in [4.78, 5) is 15.2. The van der Waals surface area contributed by atoms with Crippen LogP contribution in [0.4, 0.5) is 0 Å². The zero-order valence-corrected chi connectivity index (χ0v) is 17.8. The molecule has 4 heteroatoms. The summed E-state index contributed by atoms with van der Waals surface area (Å²) in [6, 6.07) is 8.93. The number of allylic oxidation sites excluding steroid dienone is 2. The third-order valence-electron chi connectivity index (χ3n) is 5.63. The summed E-state index contributed by atoms with van der Waals surface area (Å²) >= 11 is 0. The molecule has 0 spiro atoms. The van der Waals surface area contributed by atoms with Crippen molar-refractivity contribution in [1.29, 1.82) is 0 Å². The fourth-order valence-electron chi connectivity index (χ4n) is 4.11. The fourth-order valence-corrected chi connectivity index (χ4v) is 4.11. The lowest BCUT2D eigenvalue weighted by molar-refractivity contribution is -0.118. The third-order valence-corrected chi connectivity index (χ3v) is 5.63. The van der Waals surface area contributed by atoms with Crippen molar-refractivity contribution in [3.63, 3.8) is 0 Å². The summed E-state index contributed by atoms with van der Waals surface area (Å²) < 4.78 is 5.41. The first-order chi connectivity index (χ1) is 12.5. The lowest BCUT2D eigenvalue weighted by Crippen LogP contribution is -2.40. The van der Waals surface area contributed by atoms with Crippen molar-refractivity contribution in [3.8, 4) is 0 Å². The predicted molar refractivity (Wildman–Crippen MR) is 114 cm³/mol. The number of Topliss-reactive ketones (excluding diaryl/α,β-unsaturated/α-hetero) is 1. The third kappa shape index (κ3) is 6.17. The number of rotatable bonds is 6. The summed E-state index contributed by atoms with van der Waals surface area (Å²) in [6.45, 7) is 11.1. The Morgan fingerprint density at radius 1 is 1.15 bits per heavy atom. The molecule has 27 heavy (non-hydrogen) atoms. The molecule has 3 nitrogen and oxygen atoms in total. The molecule has 2 aliphatic rings. The second kappa shape index (κ2) is 10.4. The van der Waals surface area contributed by atoms with Crippen LogP contribution in [-0.2, 0) is 16.0 Å². The van der Waals surface area contributed by atoms with Crippen molar-refractivity contribution in [3.05, 3.63) is 47.0 Å². The van der Waals surface area contributed by atoms with E-state index in [0.717, 1.165) is 57.7 Å². The molecule has 0 bridgehead atoms. The standard InChI is InChI=1S/C23H33NO2.ClH/c1-17(2)14-19-4-6-20(7-5-19)18(3)15-21-8-9-22(23(21)25)16-24-10-12-26-13-11-24;/h4-7,15,17-18,22H,8-14,16H2,1-3H3;1H/b21-15+;. The smallest absolute Gasteiger partial charge is 0.162 e. The number of morpholine rings is 1. The molecular weight excluding hydrogens is 358 g/mol. The van der Waals surface area contributed by atoms with Crippen molar-refractivity contribution < 1.29 is 9.53 Å². The van der Waals surface area contributed by atoms with E-state index in [1.165, 1.54) is 11.1 Å². The minimum Gasteiger partial charge on any atom is -0.379 e. The van der Waals surface area contributed by atoms with E-state index in [2.05, 4.69) is 56.0 Å². The van der Waals surface area contributed by atoms with Crippen LogP contribution in [0, 0.1) is 11.8 Å². The number of carbonyl (C=O) groups excluding carboxylic acids is 1. The van der Waals surface area contributed by atoms with Gasteiger partial charge in [0.1, 0.15) is 0 Å². The van der Waals surface area contributed by atoms with Crippen LogP contribution in [0.25, 0.3) is 0 Å². The maximum atomic E-state index is 12.8. The van der Waals surface area contributed by atoms with E-state index >= 15 is 0 Å². The molecule has 0 aromatic heterocycles. The van der Waals surface area contributed by atoms with Crippen LogP contribution >= 0.6 is 12.4 Å². The van der Waals surface area contributed by atoms with E-state index in [1.54, 1.807) is 0 Å². The van der Waals surface area contributed by atoms with Gasteiger partial charge in [0.25, 0.3) is 0 Å². The Kier molecular flexibility index (Phi) is 8.53. The van der Waals surface area contributed by atoms with Gasteiger partial charge in [-0.1, -0.05) is 51.1 Å². The van der Waals surface area contributed by atoms with Crippen molar-refractivity contribution in [1.82, 2.24) is 4.90 Å². The molecule has 1 aliphatic heterocycles. The summed E-state index contributed by atoms with van der Waals surface area (Å²) in [7, 11) is 0. The van der Waals surface area contributed by atoms with Gasteiger partial charge in [-0.15, -0.1) is 12.4 Å². The van der Waals surface area contributed by atoms with E-state index in [0.29, 0.717) is 17.6 Å². The van der Waals surface area contributed by atoms with Crippen molar-refractivity contribution in [2.45, 2.75) is 46.0 Å². The molecule has 3 rings (SSSR count). The zero-order valence-electron chi connectivity index (χ0n) is 16.9. The number of ketones is 1. The zero-order chi connectivity index (χ0) is 18.5. The maximum absolute atomic E-state index is 12.8. The lowest BCUT2D eigenvalue weighted by atomic mass is 9.94. The van der Waals surface area contributed by atoms with Crippen molar-refractivity contribution in [2.75, 3.05) is 32.8 Å². The van der Waals surface area contributed by atoms with Crippen LogP contribution in [0.15, 0.2) is 35.9 Å². The quantitative estimate of drug-likeness (QED) is 0.661. The molecule has 2 unspecified atom stereocenters. The lowest BCUT2D eigenvalue weighted by Gasteiger charge is -2.28. The summed E-state index contributed by atoms with van der Waals surface area (Å²) in [6.07, 6.45) is 5.27. The molecule has 1 saturated heterocycles. The number of ether oxygens (including phenoxy) is 1. The van der Waals surface area contributed by atoms with Crippen LogP contribution in [0.1, 0.15) is 50.7 Å². The molecule has 1 aliphatic carbocycles. The first-order valence-corrected chi connectivity index (χ1v) is 10.2. The van der Waals surface area contributed by atoms with Gasteiger partial charge >= 0.3 is 0 Å². The minimum absolute atomic E-state index is 0. The Morgan fingerprint density at radius 2 is 1.81 bits per heavy atom. The first-order valence-electron chi connectivity index (χ1n) is 10.2. The van der Waals surface area contributed by atoms with Gasteiger partial charge in [-0.3, -0.25) is 9.69 Å². The van der Waals surface area contributed by atoms with Gasteiger partial charge in [-0.2, -0.15) is 0 Å². The highest BCUT2D eigenvalue weighted by atomic mass is 35.5. The molecule has 1 aromatic carbocycles. The normalized spacial score (nSPS) is 23.6. The van der Waals surface area contributed by atoms with E-state index in [1.807, 2.05) is 0 Å². The molecule has 1 heterocycles. The largest absolute Gasteiger partial charge is 0.379 e. The average molecular weight is 392 g/mol. The number of benzene rings is 1. The van der Waals surface area contributed by atoms with Crippen molar-refractivity contribution >= 4 is 18.2 Å². The maximum Gasteiger partial charge on any atom is 0.162 e. The molecule has 1 saturated carbocycles. The minimum atomic E-state index is 0. The van der Waals surface area contributed by atoms with Gasteiger partial charge in [0, 0.05) is 25.6 Å². The Labute approximate surface area is 170 Å². The number of hydrogen-bond donors (Lipinski definition) is 0. The predicted octanol–water partition coefficient (Wildman–Crippen LogP) is 4.65. The van der Waals surface area contributed by atoms with Crippen LogP contribution in [0.3, 0.4) is 0 Å². The highest BCUT2D eigenvalue weighted by Crippen LogP contribution is 2.31. The molecule has 150 valence electrons. The molecule has 0 N–H and O–H groups in total. The first kappa shape index (κ1) is 22.1. The average Bonchev–Trinajstić information content (AvgIpc) is 2.96. The topological polar surface area (TPSA) is 29.5 Å². The Bertz CT molecular complexity index is 632. The number of carbonyl (C=O) groups is 1. The van der Waals surface area contributed by atoms with E-state index in [-0.39, 0.29) is 18.3 Å². The molecular formula is C23H34ClNO2. The van der Waals surface area contributed by atoms with Crippen molar-refractivity contribution in [2.24, 2.45) is 11.8 Å². The van der Waals surface area contributed by atoms with Crippen LogP contribution < -0.4 is 0 Å². The van der Waals surface area contributed by atoms with Gasteiger partial charge in [-0.05, 0) is 47.8 Å². The Morgan fingerprint density at radius 3 is 2.44 bits per heavy atom. The molecule has 2 fully saturated rings. The molecule has 1 aromatic rings. The summed E-state index contributed by atoms with van der Waals surface area (Å²) in [5.74, 6) is 1.53.